The number of fused-ring (bicyclic) bond motifs is 1. The molecule has 1 N–H and O–H groups in total. The van der Waals surface area contributed by atoms with Crippen molar-refractivity contribution >= 4 is 26.6 Å². The van der Waals surface area contributed by atoms with Gasteiger partial charge in [0.1, 0.15) is 0 Å². The molecule has 5 nitrogen and oxygen atoms in total. The Labute approximate surface area is 190 Å². The number of nitrogens with zero attached hydrogens (tertiary/aromatic N) is 1. The van der Waals surface area contributed by atoms with Gasteiger partial charge < -0.3 is 9.88 Å². The minimum Gasteiger partial charge on any atom is -0.361 e. The summed E-state index contributed by atoms with van der Waals surface area (Å²) in [5.74, 6) is -0.428. The van der Waals surface area contributed by atoms with Crippen molar-refractivity contribution in [1.29, 1.82) is 0 Å². The van der Waals surface area contributed by atoms with Gasteiger partial charge in [0.15, 0.2) is 9.84 Å². The lowest BCUT2D eigenvalue weighted by atomic mass is 9.85. The first-order valence-electron chi connectivity index (χ1n) is 10.7. The van der Waals surface area contributed by atoms with Crippen LogP contribution in [0.3, 0.4) is 0 Å². The van der Waals surface area contributed by atoms with E-state index in [9.17, 15) is 26.4 Å². The lowest BCUT2D eigenvalue weighted by Gasteiger charge is -2.40. The molecule has 4 rings (SSSR count). The lowest BCUT2D eigenvalue weighted by Crippen LogP contribution is -2.47. The number of H-pyrrole nitrogens is 1. The summed E-state index contributed by atoms with van der Waals surface area (Å²) in [5.41, 5.74) is 0.335. The van der Waals surface area contributed by atoms with Crippen molar-refractivity contribution in [3.8, 4) is 0 Å². The summed E-state index contributed by atoms with van der Waals surface area (Å²) < 4.78 is 64.7. The fourth-order valence-corrected chi connectivity index (χ4v) is 6.40. The number of hydrogen-bond donors (Lipinski definition) is 1. The Morgan fingerprint density at radius 3 is 2.36 bits per heavy atom. The van der Waals surface area contributed by atoms with Crippen molar-refractivity contribution in [3.05, 3.63) is 65.9 Å². The van der Waals surface area contributed by atoms with E-state index < -0.39 is 26.3 Å². The number of carbonyl (C=O) groups excluding carboxylic acids is 1. The molecule has 3 aromatic rings. The van der Waals surface area contributed by atoms with E-state index in [0.29, 0.717) is 37.6 Å². The number of rotatable bonds is 4. The third kappa shape index (κ3) is 4.14. The summed E-state index contributed by atoms with van der Waals surface area (Å²) in [5, 5.41) is 0.934. The highest BCUT2D eigenvalue weighted by atomic mass is 32.2. The minimum atomic E-state index is -4.62. The number of aromatic amines is 1. The second kappa shape index (κ2) is 8.20. The Morgan fingerprint density at radius 2 is 1.70 bits per heavy atom. The lowest BCUT2D eigenvalue weighted by molar-refractivity contribution is -0.137. The van der Waals surface area contributed by atoms with Gasteiger partial charge in [-0.1, -0.05) is 18.2 Å². The summed E-state index contributed by atoms with van der Waals surface area (Å²) in [6.07, 6.45) is -1.96. The average Bonchev–Trinajstić information content (AvgIpc) is 3.27. The van der Waals surface area contributed by atoms with E-state index in [1.165, 1.54) is 6.07 Å². The maximum Gasteiger partial charge on any atom is 0.416 e. The fourth-order valence-electron chi connectivity index (χ4n) is 4.57. The monoisotopic (exact) mass is 478 g/mol. The number of alkyl halides is 3. The molecule has 1 aromatic heterocycles. The predicted octanol–water partition coefficient (Wildman–Crippen LogP) is 5.29. The number of aromatic nitrogens is 1. The number of halogens is 3. The second-order valence-corrected chi connectivity index (χ2v) is 11.5. The van der Waals surface area contributed by atoms with Crippen LogP contribution < -0.4 is 0 Å². The van der Waals surface area contributed by atoms with E-state index in [4.69, 9.17) is 0 Å². The van der Waals surface area contributed by atoms with Crippen molar-refractivity contribution in [1.82, 2.24) is 9.88 Å². The molecule has 0 aliphatic carbocycles. The summed E-state index contributed by atoms with van der Waals surface area (Å²) in [7, 11) is -4.04. The van der Waals surface area contributed by atoms with Crippen molar-refractivity contribution < 1.29 is 26.4 Å². The molecule has 176 valence electrons. The zero-order valence-corrected chi connectivity index (χ0v) is 19.1. The molecule has 0 radical (unpaired) electrons. The minimum absolute atomic E-state index is 0.125. The summed E-state index contributed by atoms with van der Waals surface area (Å²) in [6, 6.07) is 11.3. The van der Waals surface area contributed by atoms with E-state index in [2.05, 4.69) is 4.98 Å². The number of benzene rings is 2. The van der Waals surface area contributed by atoms with Crippen LogP contribution in [-0.2, 0) is 16.0 Å². The predicted molar refractivity (Wildman–Crippen MR) is 120 cm³/mol. The molecule has 1 aliphatic heterocycles. The second-order valence-electron chi connectivity index (χ2n) is 8.95. The van der Waals surface area contributed by atoms with Gasteiger partial charge in [0.05, 0.1) is 26.3 Å². The number of piperidine rings is 1. The number of amides is 1. The third-order valence-corrected chi connectivity index (χ3v) is 9.34. The molecule has 0 bridgehead atoms. The molecule has 2 heterocycles. The van der Waals surface area contributed by atoms with Gasteiger partial charge in [-0.3, -0.25) is 4.79 Å². The van der Waals surface area contributed by atoms with E-state index in [-0.39, 0.29) is 16.7 Å². The Morgan fingerprint density at radius 1 is 1.03 bits per heavy atom. The smallest absolute Gasteiger partial charge is 0.361 e. The van der Waals surface area contributed by atoms with Gasteiger partial charge in [0, 0.05) is 24.7 Å². The summed E-state index contributed by atoms with van der Waals surface area (Å²) in [4.78, 5) is 17.6. The Balaban J connectivity index is 1.52. The van der Waals surface area contributed by atoms with Gasteiger partial charge in [-0.2, -0.15) is 13.2 Å². The molecule has 33 heavy (non-hydrogen) atoms. The van der Waals surface area contributed by atoms with Gasteiger partial charge in [0.25, 0.3) is 5.91 Å². The molecule has 0 spiro atoms. The molecular weight excluding hydrogens is 453 g/mol. The highest BCUT2D eigenvalue weighted by molar-refractivity contribution is 7.92. The van der Waals surface area contributed by atoms with Crippen LogP contribution in [0.2, 0.25) is 0 Å². The molecule has 0 atom stereocenters. The molecule has 1 fully saturated rings. The fraction of sp³-hybridized carbons (Fsp3) is 0.375. The Bertz CT molecular complexity index is 1290. The summed E-state index contributed by atoms with van der Waals surface area (Å²) in [6.45, 7) is 3.87. The van der Waals surface area contributed by atoms with E-state index in [1.807, 2.05) is 18.2 Å². The molecule has 0 unspecified atom stereocenters. The van der Waals surface area contributed by atoms with Crippen LogP contribution in [0, 0.1) is 5.92 Å². The van der Waals surface area contributed by atoms with Gasteiger partial charge >= 0.3 is 6.18 Å². The molecule has 1 amide bonds. The summed E-state index contributed by atoms with van der Waals surface area (Å²) >= 11 is 0. The zero-order chi connectivity index (χ0) is 24.0. The largest absolute Gasteiger partial charge is 0.416 e. The average molecular weight is 479 g/mol. The van der Waals surface area contributed by atoms with Crippen molar-refractivity contribution in [2.45, 2.75) is 42.5 Å². The van der Waals surface area contributed by atoms with Gasteiger partial charge in [0.2, 0.25) is 0 Å². The molecule has 2 aromatic carbocycles. The first-order chi connectivity index (χ1) is 15.4. The number of hydrogen-bond acceptors (Lipinski definition) is 3. The van der Waals surface area contributed by atoms with Crippen LogP contribution in [0.1, 0.15) is 42.6 Å². The van der Waals surface area contributed by atoms with Crippen molar-refractivity contribution in [2.24, 2.45) is 5.92 Å². The van der Waals surface area contributed by atoms with Crippen LogP contribution >= 0.6 is 0 Å². The molecular formula is C24H25F3N2O3S. The first-order valence-corrected chi connectivity index (χ1v) is 12.2. The Kier molecular flexibility index (Phi) is 5.80. The Hall–Kier alpha value is -2.81. The van der Waals surface area contributed by atoms with Crippen LogP contribution in [0.25, 0.3) is 10.9 Å². The standard InChI is InChI=1S/C24H25F3N2O3S/c1-23(2,33(31,32)19-7-4-6-18(15-19)24(25,26)27)17-10-13-29(14-11-17)22(30)20-8-3-5-16-9-12-28-21(16)20/h3-9,12,15,17,28H,10-11,13-14H2,1-2H3. The highest BCUT2D eigenvalue weighted by Crippen LogP contribution is 2.39. The van der Waals surface area contributed by atoms with E-state index in [1.54, 1.807) is 31.0 Å². The normalized spacial score (nSPS) is 16.3. The molecule has 1 aliphatic rings. The number of likely N-dealkylation sites (tertiary alicyclic amines) is 1. The number of para-hydroxylation sites is 1. The van der Waals surface area contributed by atoms with Crippen LogP contribution in [0.5, 0.6) is 0 Å². The van der Waals surface area contributed by atoms with Crippen LogP contribution in [-0.4, -0.2) is 42.0 Å². The highest BCUT2D eigenvalue weighted by Gasteiger charge is 2.45. The van der Waals surface area contributed by atoms with E-state index >= 15 is 0 Å². The maximum absolute atomic E-state index is 13.3. The van der Waals surface area contributed by atoms with Gasteiger partial charge in [-0.15, -0.1) is 0 Å². The van der Waals surface area contributed by atoms with Gasteiger partial charge in [-0.25, -0.2) is 8.42 Å². The molecule has 0 saturated carbocycles. The van der Waals surface area contributed by atoms with Crippen molar-refractivity contribution in [3.63, 3.8) is 0 Å². The third-order valence-electron chi connectivity index (χ3n) is 6.75. The quantitative estimate of drug-likeness (QED) is 0.554. The maximum atomic E-state index is 13.3. The molecule has 9 heteroatoms. The van der Waals surface area contributed by atoms with Crippen molar-refractivity contribution in [2.75, 3.05) is 13.1 Å². The molecule has 1 saturated heterocycles. The van der Waals surface area contributed by atoms with Crippen LogP contribution in [0.15, 0.2) is 59.6 Å². The zero-order valence-electron chi connectivity index (χ0n) is 18.3. The first kappa shape index (κ1) is 23.4. The number of nitrogens with one attached hydrogen (secondary N) is 1. The topological polar surface area (TPSA) is 70.2 Å². The van der Waals surface area contributed by atoms with Gasteiger partial charge in [-0.05, 0) is 62.9 Å². The van der Waals surface area contributed by atoms with E-state index in [0.717, 1.165) is 23.0 Å². The SMILES string of the molecule is CC(C)(C1CCN(C(=O)c2cccc3cc[nH]c23)CC1)S(=O)(=O)c1cccc(C(F)(F)F)c1. The number of carbonyl (C=O) groups is 1. The number of sulfone groups is 1. The van der Waals surface area contributed by atoms with Crippen LogP contribution in [0.4, 0.5) is 13.2 Å².